The summed E-state index contributed by atoms with van der Waals surface area (Å²) in [6.45, 7) is 0.590. The molecule has 1 saturated heterocycles. The zero-order valence-corrected chi connectivity index (χ0v) is 16.3. The van der Waals surface area contributed by atoms with Crippen LogP contribution in [0.3, 0.4) is 0 Å². The summed E-state index contributed by atoms with van der Waals surface area (Å²) in [6, 6.07) is 12.4. The first-order valence-corrected chi connectivity index (χ1v) is 9.42. The minimum Gasteiger partial charge on any atom is -0.484 e. The lowest BCUT2D eigenvalue weighted by atomic mass is 10.2. The van der Waals surface area contributed by atoms with Gasteiger partial charge in [-0.25, -0.2) is 4.79 Å². The van der Waals surface area contributed by atoms with Crippen LogP contribution < -0.4 is 20.6 Å². The minimum atomic E-state index is -0.302. The molecule has 0 saturated carbocycles. The Morgan fingerprint density at radius 2 is 1.76 bits per heavy atom. The highest BCUT2D eigenvalue weighted by atomic mass is 16.5. The molecular formula is C21H22N4O4. The number of aryl methyl sites for hydroxylation is 2. The third kappa shape index (κ3) is 3.61. The molecule has 8 nitrogen and oxygen atoms in total. The molecule has 29 heavy (non-hydrogen) atoms. The summed E-state index contributed by atoms with van der Waals surface area (Å²) in [5.74, 6) is 0.381. The number of hydrogen-bond donors (Lipinski definition) is 1. The van der Waals surface area contributed by atoms with Gasteiger partial charge >= 0.3 is 5.69 Å². The molecule has 0 radical (unpaired) electrons. The van der Waals surface area contributed by atoms with Crippen molar-refractivity contribution in [1.29, 1.82) is 0 Å². The second-order valence-electron chi connectivity index (χ2n) is 7.08. The molecule has 1 aliphatic heterocycles. The standard InChI is InChI=1S/C21H22N4O4/c1-23-17-10-5-14(12-18(17)24(2)21(23)28)22-19(26)13-29-16-8-6-15(7-9-16)25-11-3-4-20(25)27/h5-10,12H,3-4,11,13H2,1-2H3,(H,22,26). The summed E-state index contributed by atoms with van der Waals surface area (Å²) in [5, 5.41) is 2.78. The predicted molar refractivity (Wildman–Crippen MR) is 110 cm³/mol. The van der Waals surface area contributed by atoms with Crippen LogP contribution in [0.5, 0.6) is 5.75 Å². The first-order valence-electron chi connectivity index (χ1n) is 9.42. The maximum Gasteiger partial charge on any atom is 0.328 e. The molecule has 1 aromatic heterocycles. The number of amides is 2. The zero-order chi connectivity index (χ0) is 20.5. The number of carbonyl (C=O) groups excluding carboxylic acids is 2. The van der Waals surface area contributed by atoms with Gasteiger partial charge < -0.3 is 15.0 Å². The van der Waals surface area contributed by atoms with Gasteiger partial charge in [-0.05, 0) is 48.9 Å². The van der Waals surface area contributed by atoms with Crippen molar-refractivity contribution >= 4 is 34.2 Å². The van der Waals surface area contributed by atoms with Gasteiger partial charge in [0, 0.05) is 38.4 Å². The summed E-state index contributed by atoms with van der Waals surface area (Å²) in [6.07, 6.45) is 1.46. The van der Waals surface area contributed by atoms with E-state index < -0.39 is 0 Å². The summed E-state index contributed by atoms with van der Waals surface area (Å²) in [5.41, 5.74) is 2.85. The van der Waals surface area contributed by atoms with Crippen LogP contribution >= 0.6 is 0 Å². The molecule has 2 amide bonds. The maximum absolute atomic E-state index is 12.2. The van der Waals surface area contributed by atoms with E-state index in [1.807, 2.05) is 12.1 Å². The molecule has 4 rings (SSSR count). The van der Waals surface area contributed by atoms with Crippen LogP contribution in [0.15, 0.2) is 47.3 Å². The smallest absolute Gasteiger partial charge is 0.328 e. The summed E-state index contributed by atoms with van der Waals surface area (Å²) in [4.78, 5) is 37.8. The van der Waals surface area contributed by atoms with Gasteiger partial charge in [0.2, 0.25) is 5.91 Å². The lowest BCUT2D eigenvalue weighted by Gasteiger charge is -2.16. The number of hydrogen-bond acceptors (Lipinski definition) is 4. The fourth-order valence-electron chi connectivity index (χ4n) is 3.57. The first kappa shape index (κ1) is 18.8. The Morgan fingerprint density at radius 1 is 1.03 bits per heavy atom. The lowest BCUT2D eigenvalue weighted by molar-refractivity contribution is -0.118. The highest BCUT2D eigenvalue weighted by Gasteiger charge is 2.21. The Bertz CT molecular complexity index is 1140. The fourth-order valence-corrected chi connectivity index (χ4v) is 3.57. The molecule has 0 atom stereocenters. The SMILES string of the molecule is Cn1c(=O)n(C)c2cc(NC(=O)COc3ccc(N4CCCC4=O)cc3)ccc21. The average Bonchev–Trinajstić information content (AvgIpc) is 3.24. The van der Waals surface area contributed by atoms with E-state index >= 15 is 0 Å². The number of nitrogens with zero attached hydrogens (tertiary/aromatic N) is 3. The number of imidazole rings is 1. The van der Waals surface area contributed by atoms with Crippen LogP contribution in [0.2, 0.25) is 0 Å². The molecule has 0 bridgehead atoms. The van der Waals surface area contributed by atoms with Gasteiger partial charge in [-0.2, -0.15) is 0 Å². The van der Waals surface area contributed by atoms with Gasteiger partial charge in [0.25, 0.3) is 5.91 Å². The van der Waals surface area contributed by atoms with Crippen molar-refractivity contribution in [3.05, 3.63) is 52.9 Å². The van der Waals surface area contributed by atoms with Gasteiger partial charge in [0.05, 0.1) is 11.0 Å². The number of rotatable bonds is 5. The Kier molecular flexibility index (Phi) is 4.84. The number of nitrogens with one attached hydrogen (secondary N) is 1. The van der Waals surface area contributed by atoms with Gasteiger partial charge in [-0.15, -0.1) is 0 Å². The lowest BCUT2D eigenvalue weighted by Crippen LogP contribution is -2.23. The molecule has 1 aliphatic rings. The zero-order valence-electron chi connectivity index (χ0n) is 16.3. The van der Waals surface area contributed by atoms with Gasteiger partial charge in [-0.1, -0.05) is 0 Å². The van der Waals surface area contributed by atoms with E-state index in [9.17, 15) is 14.4 Å². The highest BCUT2D eigenvalue weighted by molar-refractivity contribution is 5.95. The van der Waals surface area contributed by atoms with Gasteiger partial charge in [0.15, 0.2) is 6.61 Å². The Labute approximate surface area is 167 Å². The van der Waals surface area contributed by atoms with Gasteiger partial charge in [-0.3, -0.25) is 18.7 Å². The fraction of sp³-hybridized carbons (Fsp3) is 0.286. The van der Waals surface area contributed by atoms with E-state index in [1.165, 1.54) is 4.57 Å². The molecule has 0 spiro atoms. The van der Waals surface area contributed by atoms with Crippen molar-refractivity contribution in [2.24, 2.45) is 14.1 Å². The van der Waals surface area contributed by atoms with E-state index in [2.05, 4.69) is 5.32 Å². The van der Waals surface area contributed by atoms with Crippen molar-refractivity contribution in [2.75, 3.05) is 23.4 Å². The monoisotopic (exact) mass is 394 g/mol. The second kappa shape index (κ2) is 7.46. The number of benzene rings is 2. The van der Waals surface area contributed by atoms with Crippen molar-refractivity contribution in [2.45, 2.75) is 12.8 Å². The molecule has 2 aromatic carbocycles. The summed E-state index contributed by atoms with van der Waals surface area (Å²) >= 11 is 0. The molecule has 150 valence electrons. The van der Waals surface area contributed by atoms with Crippen LogP contribution in [-0.2, 0) is 23.7 Å². The number of aromatic nitrogens is 2. The quantitative estimate of drug-likeness (QED) is 0.717. The molecule has 1 fully saturated rings. The number of ether oxygens (including phenoxy) is 1. The van der Waals surface area contributed by atoms with Crippen LogP contribution in [0.4, 0.5) is 11.4 Å². The summed E-state index contributed by atoms with van der Waals surface area (Å²) in [7, 11) is 3.40. The van der Waals surface area contributed by atoms with Crippen LogP contribution in [0, 0.1) is 0 Å². The van der Waals surface area contributed by atoms with E-state index in [0.717, 1.165) is 29.7 Å². The third-order valence-corrected chi connectivity index (χ3v) is 5.15. The van der Waals surface area contributed by atoms with Gasteiger partial charge in [0.1, 0.15) is 5.75 Å². The van der Waals surface area contributed by atoms with Crippen molar-refractivity contribution in [3.8, 4) is 5.75 Å². The topological polar surface area (TPSA) is 85.6 Å². The third-order valence-electron chi connectivity index (χ3n) is 5.15. The average molecular weight is 394 g/mol. The summed E-state index contributed by atoms with van der Waals surface area (Å²) < 4.78 is 8.64. The molecular weight excluding hydrogens is 372 g/mol. The molecule has 0 aliphatic carbocycles. The Morgan fingerprint density at radius 3 is 2.45 bits per heavy atom. The molecule has 0 unspecified atom stereocenters. The van der Waals surface area contributed by atoms with E-state index in [4.69, 9.17) is 4.74 Å². The number of carbonyl (C=O) groups is 2. The molecule has 2 heterocycles. The number of fused-ring (bicyclic) bond motifs is 1. The van der Waals surface area contributed by atoms with Crippen molar-refractivity contribution in [1.82, 2.24) is 9.13 Å². The normalized spacial score (nSPS) is 13.9. The largest absolute Gasteiger partial charge is 0.484 e. The van der Waals surface area contributed by atoms with E-state index in [0.29, 0.717) is 17.9 Å². The molecule has 8 heteroatoms. The van der Waals surface area contributed by atoms with Crippen molar-refractivity contribution < 1.29 is 14.3 Å². The highest BCUT2D eigenvalue weighted by Crippen LogP contribution is 2.24. The van der Waals surface area contributed by atoms with Crippen LogP contribution in [-0.4, -0.2) is 34.1 Å². The molecule has 3 aromatic rings. The Hall–Kier alpha value is -3.55. The Balaban J connectivity index is 1.37. The molecule has 1 N–H and O–H groups in total. The first-order chi connectivity index (χ1) is 13.9. The van der Waals surface area contributed by atoms with Crippen LogP contribution in [0.1, 0.15) is 12.8 Å². The van der Waals surface area contributed by atoms with Crippen molar-refractivity contribution in [3.63, 3.8) is 0 Å². The van der Waals surface area contributed by atoms with Crippen LogP contribution in [0.25, 0.3) is 11.0 Å². The van der Waals surface area contributed by atoms with E-state index in [1.54, 1.807) is 53.9 Å². The second-order valence-corrected chi connectivity index (χ2v) is 7.08. The minimum absolute atomic E-state index is 0.120. The predicted octanol–water partition coefficient (Wildman–Crippen LogP) is 2.02. The number of anilines is 2. The maximum atomic E-state index is 12.2. The van der Waals surface area contributed by atoms with E-state index in [-0.39, 0.29) is 24.1 Å².